The van der Waals surface area contributed by atoms with Crippen molar-refractivity contribution in [2.75, 3.05) is 23.8 Å². The Bertz CT molecular complexity index is 567. The molecule has 20 heavy (non-hydrogen) atoms. The number of hydrogen-bond donors (Lipinski definition) is 2. The standard InChI is InChI=1S/C12H16N6O2/c1-8-5-10(18-20-8)15-12-16-11(7-14-17-12)13-6-9-3-2-4-19-9/h5,7,9H,2-4,6H2,1H3,(H2,13,15,16,17,18). The van der Waals surface area contributed by atoms with Gasteiger partial charge in [-0.1, -0.05) is 5.16 Å². The van der Waals surface area contributed by atoms with Crippen LogP contribution in [0.25, 0.3) is 0 Å². The first-order valence-corrected chi connectivity index (χ1v) is 6.55. The summed E-state index contributed by atoms with van der Waals surface area (Å²) < 4.78 is 10.5. The van der Waals surface area contributed by atoms with E-state index in [0.717, 1.165) is 26.0 Å². The highest BCUT2D eigenvalue weighted by Gasteiger charge is 2.15. The minimum atomic E-state index is 0.250. The van der Waals surface area contributed by atoms with Gasteiger partial charge in [0.05, 0.1) is 12.3 Å². The molecule has 2 N–H and O–H groups in total. The van der Waals surface area contributed by atoms with Crippen molar-refractivity contribution in [3.8, 4) is 0 Å². The number of rotatable bonds is 5. The van der Waals surface area contributed by atoms with Gasteiger partial charge in [-0.25, -0.2) is 0 Å². The van der Waals surface area contributed by atoms with Gasteiger partial charge in [0, 0.05) is 19.2 Å². The smallest absolute Gasteiger partial charge is 0.250 e. The van der Waals surface area contributed by atoms with Crippen LogP contribution in [0.5, 0.6) is 0 Å². The third-order valence-corrected chi connectivity index (χ3v) is 2.96. The summed E-state index contributed by atoms with van der Waals surface area (Å²) >= 11 is 0. The van der Waals surface area contributed by atoms with Gasteiger partial charge >= 0.3 is 0 Å². The quantitative estimate of drug-likeness (QED) is 0.847. The van der Waals surface area contributed by atoms with Crippen LogP contribution in [0.4, 0.5) is 17.6 Å². The van der Waals surface area contributed by atoms with Crippen molar-refractivity contribution in [1.82, 2.24) is 20.3 Å². The van der Waals surface area contributed by atoms with E-state index in [1.807, 2.05) is 6.92 Å². The molecule has 106 valence electrons. The Labute approximate surface area is 115 Å². The van der Waals surface area contributed by atoms with Gasteiger partial charge in [0.25, 0.3) is 0 Å². The van der Waals surface area contributed by atoms with Gasteiger partial charge in [-0.3, -0.25) is 0 Å². The molecule has 1 aliphatic rings. The normalized spacial score (nSPS) is 18.1. The number of aryl methyl sites for hydroxylation is 1. The molecule has 0 aromatic carbocycles. The molecular formula is C12H16N6O2. The summed E-state index contributed by atoms with van der Waals surface area (Å²) in [4.78, 5) is 4.31. The Morgan fingerprint density at radius 3 is 3.10 bits per heavy atom. The maximum atomic E-state index is 5.54. The van der Waals surface area contributed by atoms with Crippen molar-refractivity contribution in [2.45, 2.75) is 25.9 Å². The lowest BCUT2D eigenvalue weighted by atomic mass is 10.2. The average Bonchev–Trinajstić information content (AvgIpc) is 3.09. The predicted octanol–water partition coefficient (Wildman–Crippen LogP) is 1.50. The maximum absolute atomic E-state index is 5.54. The van der Waals surface area contributed by atoms with E-state index in [0.29, 0.717) is 23.3 Å². The van der Waals surface area contributed by atoms with E-state index in [-0.39, 0.29) is 6.10 Å². The molecule has 0 saturated carbocycles. The minimum absolute atomic E-state index is 0.250. The topological polar surface area (TPSA) is 98.0 Å². The Hall–Kier alpha value is -2.22. The van der Waals surface area contributed by atoms with E-state index in [4.69, 9.17) is 9.26 Å². The van der Waals surface area contributed by atoms with E-state index < -0.39 is 0 Å². The Morgan fingerprint density at radius 2 is 2.35 bits per heavy atom. The molecule has 3 rings (SSSR count). The van der Waals surface area contributed by atoms with E-state index in [9.17, 15) is 0 Å². The molecule has 3 heterocycles. The molecule has 2 aromatic rings. The molecule has 1 fully saturated rings. The highest BCUT2D eigenvalue weighted by atomic mass is 16.5. The summed E-state index contributed by atoms with van der Waals surface area (Å²) in [6.45, 7) is 3.38. The molecule has 0 spiro atoms. The first kappa shape index (κ1) is 12.8. The summed E-state index contributed by atoms with van der Waals surface area (Å²) in [5, 5.41) is 17.7. The largest absolute Gasteiger partial charge is 0.376 e. The fraction of sp³-hybridized carbons (Fsp3) is 0.500. The molecule has 1 saturated heterocycles. The van der Waals surface area contributed by atoms with Gasteiger partial charge in [-0.2, -0.15) is 10.1 Å². The van der Waals surface area contributed by atoms with Gasteiger partial charge in [0.2, 0.25) is 5.95 Å². The maximum Gasteiger partial charge on any atom is 0.250 e. The van der Waals surface area contributed by atoms with Crippen LogP contribution >= 0.6 is 0 Å². The zero-order chi connectivity index (χ0) is 13.8. The van der Waals surface area contributed by atoms with Gasteiger partial charge in [-0.15, -0.1) is 5.10 Å². The van der Waals surface area contributed by atoms with Crippen molar-refractivity contribution in [3.05, 3.63) is 18.0 Å². The van der Waals surface area contributed by atoms with E-state index in [2.05, 4.69) is 31.0 Å². The van der Waals surface area contributed by atoms with Gasteiger partial charge in [-0.05, 0) is 19.8 Å². The highest BCUT2D eigenvalue weighted by Crippen LogP contribution is 2.15. The Kier molecular flexibility index (Phi) is 3.73. The number of anilines is 3. The second kappa shape index (κ2) is 5.83. The number of ether oxygens (including phenoxy) is 1. The zero-order valence-corrected chi connectivity index (χ0v) is 11.2. The number of nitrogens with one attached hydrogen (secondary N) is 2. The number of aromatic nitrogens is 4. The lowest BCUT2D eigenvalue weighted by Gasteiger charge is -2.11. The summed E-state index contributed by atoms with van der Waals surface area (Å²) in [5.74, 6) is 2.29. The second-order valence-corrected chi connectivity index (χ2v) is 4.63. The third kappa shape index (κ3) is 3.21. The van der Waals surface area contributed by atoms with Crippen LogP contribution in [0.3, 0.4) is 0 Å². The van der Waals surface area contributed by atoms with Gasteiger partial charge in [0.1, 0.15) is 5.76 Å². The van der Waals surface area contributed by atoms with Crippen LogP contribution in [-0.2, 0) is 4.74 Å². The van der Waals surface area contributed by atoms with Crippen LogP contribution in [0.2, 0.25) is 0 Å². The average molecular weight is 276 g/mol. The molecule has 0 amide bonds. The summed E-state index contributed by atoms with van der Waals surface area (Å²) in [6, 6.07) is 1.76. The first-order valence-electron chi connectivity index (χ1n) is 6.55. The summed E-state index contributed by atoms with van der Waals surface area (Å²) in [6.07, 6.45) is 4.02. The van der Waals surface area contributed by atoms with Crippen molar-refractivity contribution < 1.29 is 9.26 Å². The molecule has 2 aromatic heterocycles. The van der Waals surface area contributed by atoms with Gasteiger partial charge < -0.3 is 19.9 Å². The van der Waals surface area contributed by atoms with Crippen LogP contribution in [0.1, 0.15) is 18.6 Å². The predicted molar refractivity (Wildman–Crippen MR) is 71.8 cm³/mol. The Morgan fingerprint density at radius 1 is 1.40 bits per heavy atom. The molecule has 8 heteroatoms. The van der Waals surface area contributed by atoms with E-state index in [1.54, 1.807) is 12.3 Å². The van der Waals surface area contributed by atoms with Crippen LogP contribution in [0.15, 0.2) is 16.8 Å². The third-order valence-electron chi connectivity index (χ3n) is 2.96. The minimum Gasteiger partial charge on any atom is -0.376 e. The van der Waals surface area contributed by atoms with Crippen LogP contribution in [0, 0.1) is 6.92 Å². The zero-order valence-electron chi connectivity index (χ0n) is 11.2. The monoisotopic (exact) mass is 276 g/mol. The molecule has 8 nitrogen and oxygen atoms in total. The van der Waals surface area contributed by atoms with Crippen molar-refractivity contribution in [3.63, 3.8) is 0 Å². The summed E-state index contributed by atoms with van der Waals surface area (Å²) in [5.41, 5.74) is 0. The van der Waals surface area contributed by atoms with Crippen LogP contribution < -0.4 is 10.6 Å². The lowest BCUT2D eigenvalue weighted by Crippen LogP contribution is -2.19. The molecule has 1 unspecified atom stereocenters. The molecule has 0 radical (unpaired) electrons. The number of hydrogen-bond acceptors (Lipinski definition) is 8. The molecule has 0 bridgehead atoms. The van der Waals surface area contributed by atoms with Crippen molar-refractivity contribution in [2.24, 2.45) is 0 Å². The Balaban J connectivity index is 1.60. The fourth-order valence-electron chi connectivity index (χ4n) is 2.01. The molecular weight excluding hydrogens is 260 g/mol. The first-order chi connectivity index (χ1) is 9.79. The summed E-state index contributed by atoms with van der Waals surface area (Å²) in [7, 11) is 0. The van der Waals surface area contributed by atoms with Crippen molar-refractivity contribution >= 4 is 17.6 Å². The fourth-order valence-corrected chi connectivity index (χ4v) is 2.01. The molecule has 1 atom stereocenters. The highest BCUT2D eigenvalue weighted by molar-refractivity contribution is 5.48. The van der Waals surface area contributed by atoms with Gasteiger partial charge in [0.15, 0.2) is 11.6 Å². The van der Waals surface area contributed by atoms with E-state index >= 15 is 0 Å². The van der Waals surface area contributed by atoms with Crippen molar-refractivity contribution in [1.29, 1.82) is 0 Å². The molecule has 1 aliphatic heterocycles. The SMILES string of the molecule is Cc1cc(Nc2nncc(NCC3CCCO3)n2)no1. The van der Waals surface area contributed by atoms with Crippen LogP contribution in [-0.4, -0.2) is 39.6 Å². The molecule has 0 aliphatic carbocycles. The van der Waals surface area contributed by atoms with E-state index in [1.165, 1.54) is 0 Å². The lowest BCUT2D eigenvalue weighted by molar-refractivity contribution is 0.120. The number of nitrogens with zero attached hydrogens (tertiary/aromatic N) is 4. The second-order valence-electron chi connectivity index (χ2n) is 4.63.